The van der Waals surface area contributed by atoms with Gasteiger partial charge in [0.2, 0.25) is 0 Å². The molecule has 0 fully saturated rings. The molecule has 0 saturated heterocycles. The van der Waals surface area contributed by atoms with E-state index < -0.39 is 7.92 Å². The van der Waals surface area contributed by atoms with Gasteiger partial charge in [-0.1, -0.05) is 85.3 Å². The number of hydrogen-bond donors (Lipinski definition) is 0. The summed E-state index contributed by atoms with van der Waals surface area (Å²) in [5.74, 6) is 0. The highest BCUT2D eigenvalue weighted by Gasteiger charge is 2.23. The maximum atomic E-state index is 2.96. The van der Waals surface area contributed by atoms with Gasteiger partial charge in [-0.25, -0.2) is 0 Å². The van der Waals surface area contributed by atoms with Gasteiger partial charge in [0.1, 0.15) is 0 Å². The molecule has 0 bridgehead atoms. The van der Waals surface area contributed by atoms with Crippen LogP contribution in [0, 0.1) is 0 Å². The topological polar surface area (TPSA) is 0 Å². The lowest BCUT2D eigenvalue weighted by molar-refractivity contribution is 1.07. The van der Waals surface area contributed by atoms with Crippen LogP contribution in [0.3, 0.4) is 0 Å². The summed E-state index contributed by atoms with van der Waals surface area (Å²) in [4.78, 5) is 0. The van der Waals surface area contributed by atoms with Crippen LogP contribution in [0.25, 0.3) is 0 Å². The molecule has 2 aromatic rings. The Labute approximate surface area is 130 Å². The Morgan fingerprint density at radius 3 is 1.90 bits per heavy atom. The predicted octanol–water partition coefficient (Wildman–Crippen LogP) is 4.60. The van der Waals surface area contributed by atoms with Gasteiger partial charge in [-0.05, 0) is 35.9 Å². The van der Waals surface area contributed by atoms with Crippen LogP contribution >= 0.6 is 17.2 Å². The van der Waals surface area contributed by atoms with Crippen LogP contribution in [-0.4, -0.2) is 5.66 Å². The summed E-state index contributed by atoms with van der Waals surface area (Å²) >= 11 is 0. The fourth-order valence-electron chi connectivity index (χ4n) is 2.73. The van der Waals surface area contributed by atoms with Crippen molar-refractivity contribution in [1.82, 2.24) is 0 Å². The van der Waals surface area contributed by atoms with Gasteiger partial charge in [0, 0.05) is 0 Å². The Morgan fingerprint density at radius 1 is 0.905 bits per heavy atom. The summed E-state index contributed by atoms with van der Waals surface area (Å²) in [6.45, 7) is 2.27. The number of rotatable bonds is 4. The molecule has 3 rings (SSSR count). The van der Waals surface area contributed by atoms with E-state index in [0.29, 0.717) is 5.66 Å². The first kappa shape index (κ1) is 14.7. The Morgan fingerprint density at radius 2 is 1.43 bits per heavy atom. The number of benzene rings is 2. The van der Waals surface area contributed by atoms with Crippen molar-refractivity contribution in [2.45, 2.75) is 19.0 Å². The van der Waals surface area contributed by atoms with Crippen molar-refractivity contribution in [3.8, 4) is 0 Å². The molecule has 106 valence electrons. The molecule has 1 unspecified atom stereocenters. The zero-order valence-corrected chi connectivity index (χ0v) is 14.3. The summed E-state index contributed by atoms with van der Waals surface area (Å²) in [6.07, 6.45) is 5.76. The summed E-state index contributed by atoms with van der Waals surface area (Å²) in [6, 6.07) is 21.9. The van der Waals surface area contributed by atoms with Crippen LogP contribution in [0.4, 0.5) is 0 Å². The summed E-state index contributed by atoms with van der Waals surface area (Å²) in [5.41, 5.74) is 2.10. The molecule has 2 heteroatoms. The minimum Gasteiger partial charge on any atom is -0.130 e. The van der Waals surface area contributed by atoms with Gasteiger partial charge in [0.25, 0.3) is 0 Å². The predicted molar refractivity (Wildman–Crippen MR) is 99.0 cm³/mol. The average molecular weight is 310 g/mol. The van der Waals surface area contributed by atoms with Crippen LogP contribution in [0.5, 0.6) is 0 Å². The first-order valence-corrected chi connectivity index (χ1v) is 9.33. The summed E-state index contributed by atoms with van der Waals surface area (Å²) < 4.78 is 0. The van der Waals surface area contributed by atoms with Crippen molar-refractivity contribution in [3.63, 3.8) is 0 Å². The van der Waals surface area contributed by atoms with Crippen LogP contribution < -0.4 is 10.6 Å². The molecule has 2 aromatic carbocycles. The maximum Gasteiger partial charge on any atom is -0.00711 e. The lowest BCUT2D eigenvalue weighted by Crippen LogP contribution is -2.13. The Balaban J connectivity index is 2.14. The molecule has 0 heterocycles. The highest BCUT2D eigenvalue weighted by molar-refractivity contribution is 7.77. The number of allylic oxidation sites excluding steroid dienone is 4. The fraction of sp³-hybridized carbons (Fsp3) is 0.158. The zero-order chi connectivity index (χ0) is 14.7. The fourth-order valence-corrected chi connectivity index (χ4v) is 5.82. The Hall–Kier alpha value is -1.22. The average Bonchev–Trinajstić information content (AvgIpc) is 2.99. The van der Waals surface area contributed by atoms with Crippen LogP contribution in [0.2, 0.25) is 0 Å². The van der Waals surface area contributed by atoms with Crippen molar-refractivity contribution in [1.29, 1.82) is 0 Å². The third-order valence-corrected chi connectivity index (χ3v) is 6.71. The summed E-state index contributed by atoms with van der Waals surface area (Å²) in [7, 11) is 2.51. The lowest BCUT2D eigenvalue weighted by atomic mass is 10.2. The smallest absolute Gasteiger partial charge is 0.00711 e. The Bertz CT molecular complexity index is 615. The lowest BCUT2D eigenvalue weighted by Gasteiger charge is -2.22. The van der Waals surface area contributed by atoms with Crippen molar-refractivity contribution >= 4 is 27.8 Å². The number of hydrogen-bond acceptors (Lipinski definition) is 0. The molecule has 0 nitrogen and oxygen atoms in total. The largest absolute Gasteiger partial charge is 0.130 e. The SMILES string of the molecule is C[C@@H](P)C1=C(P(c2ccccc2)c2ccccc2)C=CC1. The van der Waals surface area contributed by atoms with Crippen molar-refractivity contribution in [2.24, 2.45) is 0 Å². The molecule has 21 heavy (non-hydrogen) atoms. The standard InChI is InChI=1S/C19H20P2/c1-15(20)18-13-8-14-19(18)21(16-9-4-2-5-10-16)17-11-6-3-7-12-17/h2-12,14-15H,13,20H2,1H3/t15-/m1/s1. The van der Waals surface area contributed by atoms with Gasteiger partial charge < -0.3 is 0 Å². The molecular weight excluding hydrogens is 290 g/mol. The van der Waals surface area contributed by atoms with E-state index in [1.54, 1.807) is 5.57 Å². The van der Waals surface area contributed by atoms with Gasteiger partial charge >= 0.3 is 0 Å². The first-order chi connectivity index (χ1) is 10.3. The van der Waals surface area contributed by atoms with E-state index in [1.165, 1.54) is 15.9 Å². The molecule has 0 aromatic heterocycles. The third-order valence-electron chi connectivity index (χ3n) is 3.76. The van der Waals surface area contributed by atoms with Crippen molar-refractivity contribution in [3.05, 3.63) is 83.7 Å². The normalized spacial score (nSPS) is 15.8. The van der Waals surface area contributed by atoms with E-state index in [2.05, 4.69) is 89.0 Å². The van der Waals surface area contributed by atoms with Gasteiger partial charge in [-0.15, -0.1) is 9.24 Å². The second-order valence-electron chi connectivity index (χ2n) is 5.31. The van der Waals surface area contributed by atoms with E-state index >= 15 is 0 Å². The molecule has 0 saturated carbocycles. The molecule has 1 aliphatic carbocycles. The minimum atomic E-state index is -0.444. The van der Waals surface area contributed by atoms with Gasteiger partial charge in [-0.2, -0.15) is 0 Å². The highest BCUT2D eigenvalue weighted by atomic mass is 31.1. The van der Waals surface area contributed by atoms with Crippen LogP contribution in [0.1, 0.15) is 13.3 Å². The highest BCUT2D eigenvalue weighted by Crippen LogP contribution is 2.49. The molecule has 0 spiro atoms. The van der Waals surface area contributed by atoms with Gasteiger partial charge in [0.15, 0.2) is 0 Å². The minimum absolute atomic E-state index is 0.444. The van der Waals surface area contributed by atoms with Crippen molar-refractivity contribution in [2.75, 3.05) is 0 Å². The van der Waals surface area contributed by atoms with Crippen molar-refractivity contribution < 1.29 is 0 Å². The molecule has 2 atom stereocenters. The van der Waals surface area contributed by atoms with Crippen LogP contribution in [0.15, 0.2) is 83.7 Å². The molecule has 0 radical (unpaired) electrons. The zero-order valence-electron chi connectivity index (χ0n) is 12.2. The monoisotopic (exact) mass is 310 g/mol. The van der Waals surface area contributed by atoms with Crippen LogP contribution in [-0.2, 0) is 0 Å². The van der Waals surface area contributed by atoms with E-state index in [9.17, 15) is 0 Å². The molecule has 0 N–H and O–H groups in total. The Kier molecular flexibility index (Phi) is 4.69. The second-order valence-corrected chi connectivity index (χ2v) is 8.50. The van der Waals surface area contributed by atoms with Gasteiger partial charge in [-0.3, -0.25) is 0 Å². The molecular formula is C19H20P2. The molecule has 0 amide bonds. The van der Waals surface area contributed by atoms with E-state index in [0.717, 1.165) is 6.42 Å². The van der Waals surface area contributed by atoms with E-state index in [1.807, 2.05) is 0 Å². The summed E-state index contributed by atoms with van der Waals surface area (Å²) in [5, 5.41) is 4.40. The quantitative estimate of drug-likeness (QED) is 0.724. The first-order valence-electron chi connectivity index (χ1n) is 7.33. The molecule has 0 aliphatic heterocycles. The van der Waals surface area contributed by atoms with Gasteiger partial charge in [0.05, 0.1) is 0 Å². The van der Waals surface area contributed by atoms with E-state index in [4.69, 9.17) is 0 Å². The van der Waals surface area contributed by atoms with E-state index in [-0.39, 0.29) is 0 Å². The molecule has 1 aliphatic rings. The third kappa shape index (κ3) is 3.18. The maximum absolute atomic E-state index is 2.96. The second kappa shape index (κ2) is 6.69.